The first-order valence-electron chi connectivity index (χ1n) is 5.51. The van der Waals surface area contributed by atoms with E-state index in [2.05, 4.69) is 4.74 Å². The molecule has 1 aromatic carbocycles. The molecule has 1 fully saturated rings. The molecule has 1 N–H and O–H groups in total. The SMILES string of the molecule is COC(=O)c1ccc([NH+](C)[O-])c(OC2CC2)c1. The maximum absolute atomic E-state index is 11.4. The van der Waals surface area contributed by atoms with E-state index in [0.717, 1.165) is 12.8 Å². The zero-order valence-electron chi connectivity index (χ0n) is 9.86. The van der Waals surface area contributed by atoms with Crippen LogP contribution >= 0.6 is 0 Å². The third kappa shape index (κ3) is 2.75. The van der Waals surface area contributed by atoms with Gasteiger partial charge in [0.1, 0.15) is 0 Å². The fourth-order valence-electron chi connectivity index (χ4n) is 1.52. The lowest BCUT2D eigenvalue weighted by Crippen LogP contribution is -2.98. The second kappa shape index (κ2) is 4.73. The lowest BCUT2D eigenvalue weighted by Gasteiger charge is -2.19. The molecule has 1 atom stereocenters. The van der Waals surface area contributed by atoms with Crippen molar-refractivity contribution in [1.29, 1.82) is 0 Å². The summed E-state index contributed by atoms with van der Waals surface area (Å²) in [5, 5.41) is 11.4. The largest absolute Gasteiger partial charge is 0.629 e. The number of hydrogen-bond acceptors (Lipinski definition) is 4. The van der Waals surface area contributed by atoms with E-state index < -0.39 is 5.97 Å². The normalized spacial score (nSPS) is 16.4. The van der Waals surface area contributed by atoms with E-state index >= 15 is 0 Å². The molecule has 5 heteroatoms. The van der Waals surface area contributed by atoms with Gasteiger partial charge in [0, 0.05) is 12.1 Å². The van der Waals surface area contributed by atoms with Crippen molar-refractivity contribution in [3.63, 3.8) is 0 Å². The Labute approximate surface area is 99.5 Å². The Balaban J connectivity index is 2.30. The minimum absolute atomic E-state index is 0.0722. The van der Waals surface area contributed by atoms with Gasteiger partial charge < -0.3 is 19.7 Å². The molecule has 0 bridgehead atoms. The topological polar surface area (TPSA) is 63.0 Å². The van der Waals surface area contributed by atoms with E-state index in [-0.39, 0.29) is 11.2 Å². The molecule has 1 aliphatic carbocycles. The number of methoxy groups -OCH3 is 1. The van der Waals surface area contributed by atoms with Gasteiger partial charge in [-0.15, -0.1) is 0 Å². The lowest BCUT2D eigenvalue weighted by molar-refractivity contribution is -0.751. The molecular weight excluding hydrogens is 222 g/mol. The smallest absolute Gasteiger partial charge is 0.337 e. The van der Waals surface area contributed by atoms with Gasteiger partial charge in [0.25, 0.3) is 0 Å². The summed E-state index contributed by atoms with van der Waals surface area (Å²) >= 11 is 0. The predicted molar refractivity (Wildman–Crippen MR) is 61.3 cm³/mol. The summed E-state index contributed by atoms with van der Waals surface area (Å²) in [6.07, 6.45) is 2.18. The first-order valence-corrected chi connectivity index (χ1v) is 5.51. The van der Waals surface area contributed by atoms with Gasteiger partial charge in [-0.1, -0.05) is 0 Å². The Morgan fingerprint density at radius 2 is 2.18 bits per heavy atom. The number of carbonyl (C=O) groups excluding carboxylic acids is 1. The molecule has 0 aromatic heterocycles. The van der Waals surface area contributed by atoms with Crippen molar-refractivity contribution in [3.05, 3.63) is 29.0 Å². The van der Waals surface area contributed by atoms with Gasteiger partial charge in [0.15, 0.2) is 11.4 Å². The summed E-state index contributed by atoms with van der Waals surface area (Å²) in [5.41, 5.74) is 0.901. The van der Waals surface area contributed by atoms with Crippen molar-refractivity contribution < 1.29 is 19.3 Å². The highest BCUT2D eigenvalue weighted by Crippen LogP contribution is 2.31. The van der Waals surface area contributed by atoms with Crippen molar-refractivity contribution in [1.82, 2.24) is 0 Å². The number of ether oxygens (including phenoxy) is 2. The molecule has 0 saturated heterocycles. The molecule has 1 aliphatic rings. The molecule has 0 heterocycles. The molecule has 1 unspecified atom stereocenters. The van der Waals surface area contributed by atoms with E-state index in [0.29, 0.717) is 17.0 Å². The Kier molecular flexibility index (Phi) is 3.31. The van der Waals surface area contributed by atoms with E-state index in [4.69, 9.17) is 4.74 Å². The van der Waals surface area contributed by atoms with E-state index in [1.54, 1.807) is 18.2 Å². The fraction of sp³-hybridized carbons (Fsp3) is 0.417. The van der Waals surface area contributed by atoms with Crippen LogP contribution in [-0.4, -0.2) is 26.2 Å². The molecule has 0 radical (unpaired) electrons. The minimum atomic E-state index is -0.430. The van der Waals surface area contributed by atoms with Gasteiger partial charge in [-0.05, 0) is 18.9 Å². The van der Waals surface area contributed by atoms with Crippen molar-refractivity contribution in [3.8, 4) is 5.75 Å². The maximum Gasteiger partial charge on any atom is 0.337 e. The number of hydrogen-bond donors (Lipinski definition) is 1. The van der Waals surface area contributed by atoms with Gasteiger partial charge in [-0.25, -0.2) is 4.79 Å². The van der Waals surface area contributed by atoms with Crippen LogP contribution in [0.3, 0.4) is 0 Å². The first kappa shape index (κ1) is 11.9. The zero-order chi connectivity index (χ0) is 12.4. The lowest BCUT2D eigenvalue weighted by atomic mass is 10.2. The molecule has 5 nitrogen and oxygen atoms in total. The Bertz CT molecular complexity index is 427. The monoisotopic (exact) mass is 237 g/mol. The predicted octanol–water partition coefficient (Wildman–Crippen LogP) is 0.658. The third-order valence-corrected chi connectivity index (χ3v) is 2.60. The molecular formula is C12H15NO4. The van der Waals surface area contributed by atoms with Crippen LogP contribution in [0.15, 0.2) is 18.2 Å². The average Bonchev–Trinajstić information content (AvgIpc) is 3.11. The fourth-order valence-corrected chi connectivity index (χ4v) is 1.52. The number of quaternary nitrogens is 1. The number of rotatable bonds is 4. The van der Waals surface area contributed by atoms with Gasteiger partial charge in [0.2, 0.25) is 0 Å². The van der Waals surface area contributed by atoms with Crippen LogP contribution in [0.2, 0.25) is 0 Å². The number of benzene rings is 1. The quantitative estimate of drug-likeness (QED) is 0.617. The van der Waals surface area contributed by atoms with E-state index in [1.165, 1.54) is 14.2 Å². The van der Waals surface area contributed by atoms with E-state index in [1.807, 2.05) is 0 Å². The highest BCUT2D eigenvalue weighted by molar-refractivity contribution is 5.90. The summed E-state index contributed by atoms with van der Waals surface area (Å²) in [6, 6.07) is 4.75. The van der Waals surface area contributed by atoms with Gasteiger partial charge in [0.05, 0.1) is 25.8 Å². The van der Waals surface area contributed by atoms with Crippen LogP contribution < -0.4 is 9.80 Å². The highest BCUT2D eigenvalue weighted by atomic mass is 16.5. The molecule has 1 saturated carbocycles. The Morgan fingerprint density at radius 3 is 2.71 bits per heavy atom. The molecule has 17 heavy (non-hydrogen) atoms. The first-order chi connectivity index (χ1) is 8.11. The molecule has 92 valence electrons. The van der Waals surface area contributed by atoms with Crippen LogP contribution in [0, 0.1) is 5.21 Å². The molecule has 0 spiro atoms. The van der Waals surface area contributed by atoms with Crippen molar-refractivity contribution in [2.24, 2.45) is 0 Å². The van der Waals surface area contributed by atoms with Crippen LogP contribution in [0.25, 0.3) is 0 Å². The zero-order valence-corrected chi connectivity index (χ0v) is 9.86. The van der Waals surface area contributed by atoms with E-state index in [9.17, 15) is 10.0 Å². The third-order valence-electron chi connectivity index (χ3n) is 2.60. The number of carbonyl (C=O) groups is 1. The van der Waals surface area contributed by atoms with Crippen LogP contribution in [-0.2, 0) is 4.74 Å². The number of esters is 1. The van der Waals surface area contributed by atoms with Gasteiger partial charge in [-0.2, -0.15) is 0 Å². The molecule has 1 aromatic rings. The summed E-state index contributed by atoms with van der Waals surface area (Å²) in [7, 11) is 2.80. The highest BCUT2D eigenvalue weighted by Gasteiger charge is 2.26. The Morgan fingerprint density at radius 1 is 1.47 bits per heavy atom. The number of hydroxylamine groups is 1. The summed E-state index contributed by atoms with van der Waals surface area (Å²) in [4.78, 5) is 11.4. The molecule has 0 aliphatic heterocycles. The summed E-state index contributed by atoms with van der Waals surface area (Å²) < 4.78 is 10.3. The van der Waals surface area contributed by atoms with Crippen LogP contribution in [0.4, 0.5) is 5.69 Å². The van der Waals surface area contributed by atoms with Gasteiger partial charge in [-0.3, -0.25) is 0 Å². The van der Waals surface area contributed by atoms with Crippen LogP contribution in [0.1, 0.15) is 23.2 Å². The van der Waals surface area contributed by atoms with Gasteiger partial charge >= 0.3 is 5.97 Å². The standard InChI is InChI=1S/C12H15NO4/c1-13(15)10-6-3-8(12(14)16-2)7-11(10)17-9-4-5-9/h3,6-7,9,13H,4-5H2,1-2H3. The molecule has 2 rings (SSSR count). The molecule has 0 amide bonds. The van der Waals surface area contributed by atoms with Crippen molar-refractivity contribution in [2.45, 2.75) is 18.9 Å². The number of nitrogens with one attached hydrogen (secondary N) is 1. The van der Waals surface area contributed by atoms with Crippen molar-refractivity contribution >= 4 is 11.7 Å². The second-order valence-electron chi connectivity index (χ2n) is 4.08. The summed E-state index contributed by atoms with van der Waals surface area (Å²) in [6.45, 7) is 0. The van der Waals surface area contributed by atoms with Crippen LogP contribution in [0.5, 0.6) is 5.75 Å². The summed E-state index contributed by atoms with van der Waals surface area (Å²) in [5.74, 6) is 0.0450. The minimum Gasteiger partial charge on any atom is -0.629 e. The second-order valence-corrected chi connectivity index (χ2v) is 4.08. The average molecular weight is 237 g/mol. The maximum atomic E-state index is 11.4. The van der Waals surface area contributed by atoms with Crippen molar-refractivity contribution in [2.75, 3.05) is 14.2 Å². The Hall–Kier alpha value is -1.59.